The van der Waals surface area contributed by atoms with Gasteiger partial charge in [0.25, 0.3) is 0 Å². The summed E-state index contributed by atoms with van der Waals surface area (Å²) in [6, 6.07) is 0. The monoisotopic (exact) mass is 258 g/mol. The van der Waals surface area contributed by atoms with Crippen LogP contribution in [-0.4, -0.2) is 22.2 Å². The molecule has 0 amide bonds. The van der Waals surface area contributed by atoms with Gasteiger partial charge in [-0.3, -0.25) is 9.59 Å². The zero-order valence-corrected chi connectivity index (χ0v) is 12.3. The van der Waals surface area contributed by atoms with Crippen LogP contribution < -0.4 is 0 Å². The summed E-state index contributed by atoms with van der Waals surface area (Å²) in [6.45, 7) is 12.1. The quantitative estimate of drug-likeness (QED) is 0.735. The Hall–Kier alpha value is -1.06. The maximum Gasteiger partial charge on any atom is 0.307 e. The normalized spacial score (nSPS) is 14.6. The van der Waals surface area contributed by atoms with Gasteiger partial charge in [0.05, 0.1) is 12.3 Å². The lowest BCUT2D eigenvalue weighted by Crippen LogP contribution is -2.38. The number of carboxylic acid groups (broad SMARTS) is 2. The summed E-state index contributed by atoms with van der Waals surface area (Å²) >= 11 is 0. The standard InChI is InChI=1S/C14H26O4/c1-9(2)13(3,4)8-14(5,6)10(12(17)18)7-11(15)16/h9-10H,7-8H2,1-6H3,(H,15,16)(H,17,18). The number of rotatable bonds is 7. The zero-order chi connectivity index (χ0) is 14.7. The molecule has 0 aromatic heterocycles. The molecule has 0 aliphatic heterocycles. The van der Waals surface area contributed by atoms with Gasteiger partial charge in [-0.25, -0.2) is 0 Å². The van der Waals surface area contributed by atoms with Crippen molar-refractivity contribution < 1.29 is 19.8 Å². The molecular formula is C14H26O4. The minimum absolute atomic E-state index is 0.0182. The molecule has 4 heteroatoms. The van der Waals surface area contributed by atoms with E-state index in [9.17, 15) is 14.7 Å². The molecule has 18 heavy (non-hydrogen) atoms. The Morgan fingerprint density at radius 3 is 1.72 bits per heavy atom. The molecule has 0 aromatic carbocycles. The van der Waals surface area contributed by atoms with Crippen LogP contribution in [-0.2, 0) is 9.59 Å². The largest absolute Gasteiger partial charge is 0.481 e. The molecule has 0 spiro atoms. The van der Waals surface area contributed by atoms with Gasteiger partial charge in [-0.1, -0.05) is 41.5 Å². The maximum absolute atomic E-state index is 11.3. The lowest BCUT2D eigenvalue weighted by atomic mass is 9.64. The smallest absolute Gasteiger partial charge is 0.307 e. The number of hydrogen-bond acceptors (Lipinski definition) is 2. The van der Waals surface area contributed by atoms with Crippen LogP contribution in [0.2, 0.25) is 0 Å². The van der Waals surface area contributed by atoms with Crippen LogP contribution in [0.15, 0.2) is 0 Å². The molecular weight excluding hydrogens is 232 g/mol. The van der Waals surface area contributed by atoms with Gasteiger partial charge in [-0.15, -0.1) is 0 Å². The maximum atomic E-state index is 11.3. The van der Waals surface area contributed by atoms with Crippen molar-refractivity contribution in [3.05, 3.63) is 0 Å². The lowest BCUT2D eigenvalue weighted by Gasteiger charge is -2.40. The highest BCUT2D eigenvalue weighted by molar-refractivity contribution is 5.78. The van der Waals surface area contributed by atoms with E-state index in [0.29, 0.717) is 12.3 Å². The van der Waals surface area contributed by atoms with Crippen LogP contribution in [0.4, 0.5) is 0 Å². The van der Waals surface area contributed by atoms with Crippen molar-refractivity contribution in [1.82, 2.24) is 0 Å². The minimum atomic E-state index is -1.06. The van der Waals surface area contributed by atoms with E-state index in [1.54, 1.807) is 0 Å². The predicted molar refractivity (Wildman–Crippen MR) is 70.4 cm³/mol. The third kappa shape index (κ3) is 4.67. The highest BCUT2D eigenvalue weighted by Crippen LogP contribution is 2.44. The fraction of sp³-hybridized carbons (Fsp3) is 0.857. The number of carboxylic acids is 2. The van der Waals surface area contributed by atoms with Gasteiger partial charge < -0.3 is 10.2 Å². The van der Waals surface area contributed by atoms with Gasteiger partial charge in [-0.05, 0) is 23.2 Å². The molecule has 4 nitrogen and oxygen atoms in total. The molecule has 0 saturated carbocycles. The molecule has 2 N–H and O–H groups in total. The Kier molecular flexibility index (Phi) is 5.38. The molecule has 0 aliphatic carbocycles. The fourth-order valence-corrected chi connectivity index (χ4v) is 2.37. The molecule has 106 valence electrons. The second-order valence-corrected chi connectivity index (χ2v) is 6.80. The van der Waals surface area contributed by atoms with Gasteiger partial charge >= 0.3 is 11.9 Å². The molecule has 0 aliphatic rings. The summed E-state index contributed by atoms with van der Waals surface area (Å²) in [5.74, 6) is -2.52. The van der Waals surface area contributed by atoms with Gasteiger partial charge in [-0.2, -0.15) is 0 Å². The summed E-state index contributed by atoms with van der Waals surface area (Å²) < 4.78 is 0. The summed E-state index contributed by atoms with van der Waals surface area (Å²) in [6.07, 6.45) is 0.360. The lowest BCUT2D eigenvalue weighted by molar-refractivity contribution is -0.153. The van der Waals surface area contributed by atoms with E-state index >= 15 is 0 Å². The van der Waals surface area contributed by atoms with E-state index in [-0.39, 0.29) is 11.8 Å². The first-order valence-corrected chi connectivity index (χ1v) is 6.35. The van der Waals surface area contributed by atoms with Crippen LogP contribution in [0.5, 0.6) is 0 Å². The van der Waals surface area contributed by atoms with Crippen LogP contribution in [0.25, 0.3) is 0 Å². The van der Waals surface area contributed by atoms with E-state index in [1.807, 2.05) is 13.8 Å². The SMILES string of the molecule is CC(C)C(C)(C)CC(C)(C)C(CC(=O)O)C(=O)O. The van der Waals surface area contributed by atoms with Crippen LogP contribution in [0.1, 0.15) is 54.4 Å². The molecule has 1 unspecified atom stereocenters. The predicted octanol–water partition coefficient (Wildman–Crippen LogP) is 3.26. The summed E-state index contributed by atoms with van der Waals surface area (Å²) in [4.78, 5) is 22.1. The highest BCUT2D eigenvalue weighted by Gasteiger charge is 2.41. The summed E-state index contributed by atoms with van der Waals surface area (Å²) in [5.41, 5.74) is -0.562. The van der Waals surface area contributed by atoms with Gasteiger partial charge in [0, 0.05) is 0 Å². The topological polar surface area (TPSA) is 74.6 Å². The van der Waals surface area contributed by atoms with Crippen molar-refractivity contribution in [3.63, 3.8) is 0 Å². The number of hydrogen-bond donors (Lipinski definition) is 2. The summed E-state index contributed by atoms with van der Waals surface area (Å²) in [5, 5.41) is 18.1. The van der Waals surface area contributed by atoms with Crippen molar-refractivity contribution in [2.45, 2.75) is 54.4 Å². The first-order valence-electron chi connectivity index (χ1n) is 6.35. The average Bonchev–Trinajstić information content (AvgIpc) is 2.11. The first kappa shape index (κ1) is 16.9. The zero-order valence-electron chi connectivity index (χ0n) is 12.3. The van der Waals surface area contributed by atoms with Crippen LogP contribution >= 0.6 is 0 Å². The Bertz CT molecular complexity index is 316. The fourth-order valence-electron chi connectivity index (χ4n) is 2.37. The van der Waals surface area contributed by atoms with Gasteiger partial charge in [0.1, 0.15) is 0 Å². The molecule has 0 bridgehead atoms. The molecule has 0 heterocycles. The first-order chi connectivity index (χ1) is 7.90. The van der Waals surface area contributed by atoms with Crippen LogP contribution in [0, 0.1) is 22.7 Å². The van der Waals surface area contributed by atoms with E-state index in [1.165, 1.54) is 0 Å². The van der Waals surface area contributed by atoms with Gasteiger partial charge in [0.15, 0.2) is 0 Å². The van der Waals surface area contributed by atoms with Gasteiger partial charge in [0.2, 0.25) is 0 Å². The van der Waals surface area contributed by atoms with Crippen LogP contribution in [0.3, 0.4) is 0 Å². The van der Waals surface area contributed by atoms with Crippen molar-refractivity contribution in [2.24, 2.45) is 22.7 Å². The molecule has 1 atom stereocenters. The number of carbonyl (C=O) groups is 2. The van der Waals surface area contributed by atoms with E-state index in [0.717, 1.165) is 0 Å². The van der Waals surface area contributed by atoms with Crippen molar-refractivity contribution >= 4 is 11.9 Å². The molecule has 0 fully saturated rings. The number of aliphatic carboxylic acids is 2. The Balaban J connectivity index is 5.07. The molecule has 0 rings (SSSR count). The highest BCUT2D eigenvalue weighted by atomic mass is 16.4. The van der Waals surface area contributed by atoms with Crippen molar-refractivity contribution in [2.75, 3.05) is 0 Å². The Morgan fingerprint density at radius 2 is 1.44 bits per heavy atom. The molecule has 0 saturated heterocycles. The van der Waals surface area contributed by atoms with E-state index < -0.39 is 23.3 Å². The Morgan fingerprint density at radius 1 is 1.00 bits per heavy atom. The summed E-state index contributed by atoms with van der Waals surface area (Å²) in [7, 11) is 0. The molecule has 0 radical (unpaired) electrons. The van der Waals surface area contributed by atoms with Crippen molar-refractivity contribution in [3.8, 4) is 0 Å². The van der Waals surface area contributed by atoms with Crippen molar-refractivity contribution in [1.29, 1.82) is 0 Å². The average molecular weight is 258 g/mol. The Labute approximate surface area is 109 Å². The molecule has 0 aromatic rings. The second-order valence-electron chi connectivity index (χ2n) is 6.80. The third-order valence-corrected chi connectivity index (χ3v) is 4.09. The minimum Gasteiger partial charge on any atom is -0.481 e. The van der Waals surface area contributed by atoms with E-state index in [4.69, 9.17) is 5.11 Å². The second kappa shape index (κ2) is 5.72. The third-order valence-electron chi connectivity index (χ3n) is 4.09. The van der Waals surface area contributed by atoms with E-state index in [2.05, 4.69) is 27.7 Å².